The van der Waals surface area contributed by atoms with Gasteiger partial charge in [-0.15, -0.1) is 12.4 Å². The zero-order chi connectivity index (χ0) is 17.4. The Labute approximate surface area is 153 Å². The molecule has 3 N–H and O–H groups in total. The maximum absolute atomic E-state index is 12.3. The normalized spacial score (nSPS) is 13.7. The molecule has 25 heavy (non-hydrogen) atoms. The van der Waals surface area contributed by atoms with E-state index in [4.69, 9.17) is 4.74 Å². The third-order valence-corrected chi connectivity index (χ3v) is 4.70. The first-order valence-corrected chi connectivity index (χ1v) is 9.15. The number of sulfonamides is 1. The Kier molecular flexibility index (Phi) is 8.84. The van der Waals surface area contributed by atoms with Crippen LogP contribution in [0, 0.1) is 0 Å². The van der Waals surface area contributed by atoms with Gasteiger partial charge in [-0.1, -0.05) is 6.07 Å². The standard InChI is InChI=1S/C15H22N4O4S.ClH/c1-23-9-8-16-11-15(20)18-12-4-2-5-13(10-12)24(21,22)19-14-6-3-7-17-14;/h2,4-5,10,16H,3,6-9,11H2,1H3,(H,17,19)(H,18,20);1H. The fraction of sp³-hybridized carbons (Fsp3) is 0.467. The molecule has 0 aliphatic carbocycles. The van der Waals surface area contributed by atoms with E-state index < -0.39 is 10.0 Å². The number of benzene rings is 1. The minimum Gasteiger partial charge on any atom is -0.383 e. The molecule has 0 unspecified atom stereocenters. The van der Waals surface area contributed by atoms with Gasteiger partial charge in [0.1, 0.15) is 5.84 Å². The second-order valence-electron chi connectivity index (χ2n) is 5.28. The van der Waals surface area contributed by atoms with E-state index in [1.165, 1.54) is 12.1 Å². The minimum atomic E-state index is -3.69. The number of amidine groups is 1. The van der Waals surface area contributed by atoms with Gasteiger partial charge in [0.25, 0.3) is 10.0 Å². The van der Waals surface area contributed by atoms with E-state index in [1.807, 2.05) is 0 Å². The van der Waals surface area contributed by atoms with Gasteiger partial charge < -0.3 is 15.4 Å². The Morgan fingerprint density at radius 3 is 2.84 bits per heavy atom. The average Bonchev–Trinajstić information content (AvgIpc) is 3.04. The zero-order valence-electron chi connectivity index (χ0n) is 13.9. The van der Waals surface area contributed by atoms with Crippen molar-refractivity contribution >= 4 is 39.9 Å². The first-order valence-electron chi connectivity index (χ1n) is 7.67. The fourth-order valence-corrected chi connectivity index (χ4v) is 3.29. The highest BCUT2D eigenvalue weighted by Gasteiger charge is 2.18. The highest BCUT2D eigenvalue weighted by Crippen LogP contribution is 2.16. The van der Waals surface area contributed by atoms with Crippen LogP contribution in [0.1, 0.15) is 12.8 Å². The molecule has 2 rings (SSSR count). The number of methoxy groups -OCH3 is 1. The van der Waals surface area contributed by atoms with Gasteiger partial charge in [0.15, 0.2) is 0 Å². The molecule has 1 aromatic rings. The van der Waals surface area contributed by atoms with Crippen LogP contribution in [0.5, 0.6) is 0 Å². The number of hydrogen-bond donors (Lipinski definition) is 3. The van der Waals surface area contributed by atoms with Crippen molar-refractivity contribution in [2.45, 2.75) is 17.7 Å². The van der Waals surface area contributed by atoms with Crippen LogP contribution in [0.4, 0.5) is 5.69 Å². The number of carbonyl (C=O) groups excluding carboxylic acids is 1. The summed E-state index contributed by atoms with van der Waals surface area (Å²) in [5.74, 6) is 0.223. The molecule has 1 amide bonds. The Bertz CT molecular complexity index is 709. The second-order valence-corrected chi connectivity index (χ2v) is 6.97. The fourth-order valence-electron chi connectivity index (χ4n) is 2.16. The number of hydrogen-bond acceptors (Lipinski definition) is 6. The lowest BCUT2D eigenvalue weighted by Gasteiger charge is -2.10. The molecule has 0 atom stereocenters. The molecule has 0 saturated carbocycles. The van der Waals surface area contributed by atoms with Crippen LogP contribution >= 0.6 is 12.4 Å². The monoisotopic (exact) mass is 390 g/mol. The zero-order valence-corrected chi connectivity index (χ0v) is 15.6. The number of anilines is 1. The molecule has 8 nitrogen and oxygen atoms in total. The van der Waals surface area contributed by atoms with Crippen LogP contribution in [0.2, 0.25) is 0 Å². The Balaban J connectivity index is 0.00000312. The topological polar surface area (TPSA) is 109 Å². The van der Waals surface area contributed by atoms with Gasteiger partial charge in [0, 0.05) is 32.3 Å². The summed E-state index contributed by atoms with van der Waals surface area (Å²) in [5, 5.41) is 5.58. The lowest BCUT2D eigenvalue weighted by atomic mass is 10.3. The molecule has 1 aliphatic heterocycles. The first-order chi connectivity index (χ1) is 11.5. The van der Waals surface area contributed by atoms with Crippen molar-refractivity contribution in [1.29, 1.82) is 0 Å². The van der Waals surface area contributed by atoms with Gasteiger partial charge in [-0.2, -0.15) is 0 Å². The second kappa shape index (κ2) is 10.3. The van der Waals surface area contributed by atoms with Crippen molar-refractivity contribution in [3.05, 3.63) is 24.3 Å². The number of nitrogens with one attached hydrogen (secondary N) is 3. The molecule has 1 aromatic carbocycles. The first kappa shape index (κ1) is 21.4. The maximum Gasteiger partial charge on any atom is 0.262 e. The van der Waals surface area contributed by atoms with Gasteiger partial charge in [-0.05, 0) is 24.6 Å². The number of amides is 1. The van der Waals surface area contributed by atoms with Gasteiger partial charge in [-0.3, -0.25) is 14.5 Å². The number of rotatable bonds is 8. The highest BCUT2D eigenvalue weighted by molar-refractivity contribution is 7.90. The molecule has 1 aliphatic rings. The van der Waals surface area contributed by atoms with Crippen molar-refractivity contribution < 1.29 is 17.9 Å². The largest absolute Gasteiger partial charge is 0.383 e. The lowest BCUT2D eigenvalue weighted by molar-refractivity contribution is -0.115. The van der Waals surface area contributed by atoms with Gasteiger partial charge in [0.05, 0.1) is 18.0 Å². The molecule has 0 fully saturated rings. The Morgan fingerprint density at radius 2 is 2.16 bits per heavy atom. The van der Waals surface area contributed by atoms with Crippen LogP contribution in [0.25, 0.3) is 0 Å². The quantitative estimate of drug-likeness (QED) is 0.567. The Morgan fingerprint density at radius 1 is 1.36 bits per heavy atom. The predicted octanol–water partition coefficient (Wildman–Crippen LogP) is 0.753. The summed E-state index contributed by atoms with van der Waals surface area (Å²) in [6.07, 6.45) is 1.48. The average molecular weight is 391 g/mol. The van der Waals surface area contributed by atoms with Crippen LogP contribution < -0.4 is 15.4 Å². The SMILES string of the molecule is COCCNCC(=O)Nc1cccc(S(=O)(=O)NC2=NCCC2)c1.Cl. The molecule has 0 aromatic heterocycles. The smallest absolute Gasteiger partial charge is 0.262 e. The molecular formula is C15H23ClN4O4S. The van der Waals surface area contributed by atoms with E-state index in [2.05, 4.69) is 20.3 Å². The van der Waals surface area contributed by atoms with Crippen molar-refractivity contribution in [3.63, 3.8) is 0 Å². The molecule has 1 heterocycles. The predicted molar refractivity (Wildman–Crippen MR) is 98.9 cm³/mol. The molecule has 10 heteroatoms. The van der Waals surface area contributed by atoms with Gasteiger partial charge in [-0.25, -0.2) is 8.42 Å². The number of carbonyl (C=O) groups is 1. The molecule has 140 valence electrons. The number of ether oxygens (including phenoxy) is 1. The third-order valence-electron chi connectivity index (χ3n) is 3.32. The van der Waals surface area contributed by atoms with Crippen molar-refractivity contribution in [3.8, 4) is 0 Å². The van der Waals surface area contributed by atoms with Crippen LogP contribution in [-0.2, 0) is 19.6 Å². The minimum absolute atomic E-state index is 0. The summed E-state index contributed by atoms with van der Waals surface area (Å²) < 4.78 is 32.0. The third kappa shape index (κ3) is 6.99. The van der Waals surface area contributed by atoms with E-state index >= 15 is 0 Å². The van der Waals surface area contributed by atoms with E-state index in [0.29, 0.717) is 37.6 Å². The highest BCUT2D eigenvalue weighted by atomic mass is 35.5. The lowest BCUT2D eigenvalue weighted by Crippen LogP contribution is -2.31. The molecule has 0 spiro atoms. The van der Waals surface area contributed by atoms with Crippen LogP contribution in [0.15, 0.2) is 34.2 Å². The summed E-state index contributed by atoms with van der Waals surface area (Å²) >= 11 is 0. The molecular weight excluding hydrogens is 368 g/mol. The summed E-state index contributed by atoms with van der Waals surface area (Å²) in [6, 6.07) is 6.12. The Hall–Kier alpha value is -1.68. The number of halogens is 1. The number of aliphatic imine (C=N–C) groups is 1. The molecule has 0 saturated heterocycles. The van der Waals surface area contributed by atoms with E-state index in [9.17, 15) is 13.2 Å². The molecule has 0 radical (unpaired) electrons. The van der Waals surface area contributed by atoms with Crippen LogP contribution in [-0.4, -0.2) is 53.5 Å². The van der Waals surface area contributed by atoms with E-state index in [0.717, 1.165) is 6.42 Å². The summed E-state index contributed by atoms with van der Waals surface area (Å²) in [5.41, 5.74) is 0.421. The van der Waals surface area contributed by atoms with Crippen LogP contribution in [0.3, 0.4) is 0 Å². The van der Waals surface area contributed by atoms with Crippen molar-refractivity contribution in [2.24, 2.45) is 4.99 Å². The summed E-state index contributed by atoms with van der Waals surface area (Å²) in [6.45, 7) is 1.83. The van der Waals surface area contributed by atoms with Crippen molar-refractivity contribution in [1.82, 2.24) is 10.0 Å². The van der Waals surface area contributed by atoms with E-state index in [-0.39, 0.29) is 29.8 Å². The van der Waals surface area contributed by atoms with Crippen molar-refractivity contribution in [2.75, 3.05) is 38.7 Å². The summed E-state index contributed by atoms with van der Waals surface area (Å²) in [4.78, 5) is 16.0. The van der Waals surface area contributed by atoms with E-state index in [1.54, 1.807) is 19.2 Å². The molecule has 0 bridgehead atoms. The maximum atomic E-state index is 12.3. The van der Waals surface area contributed by atoms with Gasteiger partial charge in [0.2, 0.25) is 5.91 Å². The number of nitrogens with zero attached hydrogens (tertiary/aromatic N) is 1. The summed E-state index contributed by atoms with van der Waals surface area (Å²) in [7, 11) is -2.11. The van der Waals surface area contributed by atoms with Gasteiger partial charge >= 0.3 is 0 Å².